The Balaban J connectivity index is 2.11. The second-order valence-electron chi connectivity index (χ2n) is 2.17. The summed E-state index contributed by atoms with van der Waals surface area (Å²) in [6.07, 6.45) is 0. The first-order chi connectivity index (χ1) is 6.45. The molecule has 4 nitrogen and oxygen atoms in total. The Bertz CT molecular complexity index is 376. The molecule has 0 amide bonds. The minimum absolute atomic E-state index is 0.742. The van der Waals surface area contributed by atoms with Gasteiger partial charge in [-0.05, 0) is 12.1 Å². The molecule has 0 spiro atoms. The van der Waals surface area contributed by atoms with Gasteiger partial charge in [0.1, 0.15) is 5.75 Å². The number of hydrogen-bond donors (Lipinski definition) is 0. The fourth-order valence-electron chi connectivity index (χ4n) is 0.789. The number of para-hydroxylation sites is 1. The highest BCUT2D eigenvalue weighted by Crippen LogP contribution is 2.42. The van der Waals surface area contributed by atoms with Crippen molar-refractivity contribution in [2.24, 2.45) is 13.5 Å². The van der Waals surface area contributed by atoms with Crippen molar-refractivity contribution in [1.82, 2.24) is 0 Å². The van der Waals surface area contributed by atoms with Gasteiger partial charge in [-0.3, -0.25) is 0 Å². The molecule has 1 aromatic rings. The highest BCUT2D eigenvalue weighted by atomic mass is 31.2. The molecule has 66 valence electrons. The molecule has 0 N–H and O–H groups in total. The minimum Gasteiger partial charge on any atom is -0.443 e. The van der Waals surface area contributed by atoms with E-state index in [2.05, 4.69) is 13.5 Å². The summed E-state index contributed by atoms with van der Waals surface area (Å²) in [6.45, 7) is 0. The van der Waals surface area contributed by atoms with Gasteiger partial charge in [0.15, 0.2) is 17.0 Å². The fourth-order valence-corrected chi connectivity index (χ4v) is 3.78. The lowest BCUT2D eigenvalue weighted by molar-refractivity contribution is 0.624. The number of nitrogens with zero attached hydrogens (tertiary/aromatic N) is 3. The standard InChI is InChI=1S/C6H6N3OP3/c1-2-4-6(5-3-1)10-13-8-11-7-12-9-13/h1-5,13H. The maximum atomic E-state index is 5.55. The SMILES string of the molecule is c1ccc(O[PH]2=NP=NP=N2)cc1. The van der Waals surface area contributed by atoms with Gasteiger partial charge in [-0.1, -0.05) is 18.2 Å². The van der Waals surface area contributed by atoms with E-state index in [1.54, 1.807) is 0 Å². The Hall–Kier alpha value is -0.550. The zero-order valence-electron chi connectivity index (χ0n) is 6.53. The largest absolute Gasteiger partial charge is 0.443 e. The molecule has 0 aliphatic carbocycles. The van der Waals surface area contributed by atoms with Crippen LogP contribution in [0.5, 0.6) is 5.75 Å². The summed E-state index contributed by atoms with van der Waals surface area (Å²) in [5.41, 5.74) is 0. The summed E-state index contributed by atoms with van der Waals surface area (Å²) >= 11 is 0. The highest BCUT2D eigenvalue weighted by Gasteiger charge is 1.98. The van der Waals surface area contributed by atoms with E-state index in [0.29, 0.717) is 0 Å². The van der Waals surface area contributed by atoms with Crippen LogP contribution in [0.25, 0.3) is 0 Å². The monoisotopic (exact) mass is 229 g/mol. The first-order valence-electron chi connectivity index (χ1n) is 3.57. The van der Waals surface area contributed by atoms with Gasteiger partial charge in [-0.2, -0.15) is 13.5 Å². The van der Waals surface area contributed by atoms with Crippen LogP contribution in [-0.2, 0) is 0 Å². The average Bonchev–Trinajstić information content (AvgIpc) is 2.21. The van der Waals surface area contributed by atoms with Gasteiger partial charge in [0.25, 0.3) is 0 Å². The molecule has 13 heavy (non-hydrogen) atoms. The smallest absolute Gasteiger partial charge is 0.249 e. The molecule has 0 saturated heterocycles. The molecule has 1 unspecified atom stereocenters. The zero-order chi connectivity index (χ0) is 8.93. The molecule has 0 aromatic heterocycles. The number of benzene rings is 1. The van der Waals surface area contributed by atoms with E-state index in [4.69, 9.17) is 4.52 Å². The third-order valence-electron chi connectivity index (χ3n) is 1.29. The van der Waals surface area contributed by atoms with Crippen LogP contribution in [0.15, 0.2) is 43.9 Å². The minimum atomic E-state index is -1.37. The van der Waals surface area contributed by atoms with Gasteiger partial charge in [-0.25, -0.2) is 0 Å². The maximum Gasteiger partial charge on any atom is 0.249 e. The molecular formula is C6H6N3OP3. The van der Waals surface area contributed by atoms with Gasteiger partial charge in [0, 0.05) is 0 Å². The van der Waals surface area contributed by atoms with Crippen molar-refractivity contribution < 1.29 is 4.52 Å². The van der Waals surface area contributed by atoms with Crippen molar-refractivity contribution in [2.75, 3.05) is 0 Å². The van der Waals surface area contributed by atoms with Gasteiger partial charge in [-0.15, -0.1) is 0 Å². The van der Waals surface area contributed by atoms with Crippen molar-refractivity contribution >= 4 is 25.1 Å². The molecule has 0 radical (unpaired) electrons. The zero-order valence-corrected chi connectivity index (χ0v) is 9.32. The van der Waals surface area contributed by atoms with Crippen molar-refractivity contribution in [2.45, 2.75) is 0 Å². The predicted octanol–water partition coefficient (Wildman–Crippen LogP) is 4.40. The molecule has 0 bridgehead atoms. The summed E-state index contributed by atoms with van der Waals surface area (Å²) in [4.78, 5) is 0. The Morgan fingerprint density at radius 1 is 1.15 bits per heavy atom. The van der Waals surface area contributed by atoms with Crippen LogP contribution in [0, 0.1) is 0 Å². The summed E-state index contributed by atoms with van der Waals surface area (Å²) in [5.74, 6) is 0.830. The second-order valence-corrected chi connectivity index (χ2v) is 5.61. The third-order valence-corrected chi connectivity index (χ3v) is 4.44. The van der Waals surface area contributed by atoms with Gasteiger partial charge in [0.2, 0.25) is 8.09 Å². The van der Waals surface area contributed by atoms with Crippen LogP contribution in [0.2, 0.25) is 0 Å². The lowest BCUT2D eigenvalue weighted by Gasteiger charge is -2.04. The predicted molar refractivity (Wildman–Crippen MR) is 56.5 cm³/mol. The maximum absolute atomic E-state index is 5.55. The van der Waals surface area contributed by atoms with Crippen LogP contribution in [0.3, 0.4) is 0 Å². The van der Waals surface area contributed by atoms with E-state index in [0.717, 1.165) is 22.8 Å². The Morgan fingerprint density at radius 2 is 2.00 bits per heavy atom. The van der Waals surface area contributed by atoms with E-state index < -0.39 is 8.09 Å². The molecule has 7 heteroatoms. The van der Waals surface area contributed by atoms with Crippen LogP contribution < -0.4 is 4.52 Å². The molecule has 2 rings (SSSR count). The van der Waals surface area contributed by atoms with Crippen molar-refractivity contribution in [3.05, 3.63) is 30.3 Å². The molecule has 1 aliphatic heterocycles. The molecule has 1 atom stereocenters. The van der Waals surface area contributed by atoms with Crippen LogP contribution >= 0.6 is 25.1 Å². The Labute approximate surface area is 79.8 Å². The quantitative estimate of drug-likeness (QED) is 0.693. The van der Waals surface area contributed by atoms with E-state index in [9.17, 15) is 0 Å². The lowest BCUT2D eigenvalue weighted by atomic mass is 10.3. The van der Waals surface area contributed by atoms with Crippen LogP contribution in [-0.4, -0.2) is 0 Å². The van der Waals surface area contributed by atoms with Gasteiger partial charge < -0.3 is 4.52 Å². The summed E-state index contributed by atoms with van der Waals surface area (Å²) in [7, 11) is 0.115. The topological polar surface area (TPSA) is 46.3 Å². The van der Waals surface area contributed by atoms with E-state index in [1.807, 2.05) is 30.3 Å². The van der Waals surface area contributed by atoms with Crippen molar-refractivity contribution in [3.8, 4) is 5.75 Å². The van der Waals surface area contributed by atoms with Crippen LogP contribution in [0.1, 0.15) is 0 Å². The fraction of sp³-hybridized carbons (Fsp3) is 0. The number of hydrogen-bond acceptors (Lipinski definition) is 4. The second kappa shape index (κ2) is 4.62. The first kappa shape index (κ1) is 9.02. The van der Waals surface area contributed by atoms with E-state index in [1.165, 1.54) is 0 Å². The highest BCUT2D eigenvalue weighted by molar-refractivity contribution is 7.56. The Morgan fingerprint density at radius 3 is 2.69 bits per heavy atom. The van der Waals surface area contributed by atoms with Crippen LogP contribution in [0.4, 0.5) is 0 Å². The van der Waals surface area contributed by atoms with Crippen molar-refractivity contribution in [3.63, 3.8) is 0 Å². The van der Waals surface area contributed by atoms with E-state index >= 15 is 0 Å². The average molecular weight is 229 g/mol. The molecule has 1 heterocycles. The summed E-state index contributed by atoms with van der Waals surface area (Å²) in [5, 5.41) is 0. The van der Waals surface area contributed by atoms with E-state index in [-0.39, 0.29) is 0 Å². The lowest BCUT2D eigenvalue weighted by Crippen LogP contribution is -1.76. The van der Waals surface area contributed by atoms with Gasteiger partial charge >= 0.3 is 0 Å². The molecule has 1 aromatic carbocycles. The molecule has 0 saturated carbocycles. The molecule has 1 aliphatic rings. The summed E-state index contributed by atoms with van der Waals surface area (Å²) in [6, 6.07) is 9.62. The van der Waals surface area contributed by atoms with Crippen molar-refractivity contribution in [1.29, 1.82) is 0 Å². The van der Waals surface area contributed by atoms with Gasteiger partial charge in [0.05, 0.1) is 0 Å². The molecule has 0 fully saturated rings. The molecular weight excluding hydrogens is 223 g/mol. The Kier molecular flexibility index (Phi) is 3.21. The third kappa shape index (κ3) is 2.70. The number of rotatable bonds is 2. The normalized spacial score (nSPS) is 22.0. The first-order valence-corrected chi connectivity index (χ1v) is 6.47. The summed E-state index contributed by atoms with van der Waals surface area (Å²) < 4.78 is 17.7.